The van der Waals surface area contributed by atoms with Gasteiger partial charge in [0.2, 0.25) is 0 Å². The Hall–Kier alpha value is -3.10. The number of nitrogens with zero attached hydrogens (tertiary/aromatic N) is 1. The van der Waals surface area contributed by atoms with Gasteiger partial charge in [-0.05, 0) is 35.4 Å². The average molecular weight is 415 g/mol. The Morgan fingerprint density at radius 2 is 1.45 bits per heavy atom. The maximum atomic E-state index is 14.4. The lowest BCUT2D eigenvalue weighted by Gasteiger charge is -2.17. The van der Waals surface area contributed by atoms with Crippen molar-refractivity contribution in [2.24, 2.45) is 0 Å². The Morgan fingerprint density at radius 1 is 0.793 bits per heavy atom. The first-order valence-corrected chi connectivity index (χ1v) is 8.18. The highest BCUT2D eigenvalue weighted by molar-refractivity contribution is 5.63. The number of hydrogen-bond acceptors (Lipinski definition) is 2. The van der Waals surface area contributed by atoms with Gasteiger partial charge in [-0.25, -0.2) is 8.78 Å². The van der Waals surface area contributed by atoms with Gasteiger partial charge in [0, 0.05) is 24.2 Å². The van der Waals surface area contributed by atoms with Crippen molar-refractivity contribution in [2.75, 3.05) is 0 Å². The normalized spacial score (nSPS) is 12.1. The van der Waals surface area contributed by atoms with Gasteiger partial charge in [0.1, 0.15) is 23.1 Å². The topological polar surface area (TPSA) is 22.1 Å². The average Bonchev–Trinajstić information content (AvgIpc) is 2.63. The van der Waals surface area contributed by atoms with E-state index in [1.807, 2.05) is 0 Å². The number of aromatic nitrogens is 1. The zero-order valence-corrected chi connectivity index (χ0v) is 14.5. The van der Waals surface area contributed by atoms with Crippen molar-refractivity contribution in [1.29, 1.82) is 0 Å². The van der Waals surface area contributed by atoms with Gasteiger partial charge in [-0.3, -0.25) is 4.98 Å². The van der Waals surface area contributed by atoms with Crippen molar-refractivity contribution in [3.05, 3.63) is 83.7 Å². The molecule has 0 atom stereocenters. The Labute approximate surface area is 160 Å². The highest BCUT2D eigenvalue weighted by Gasteiger charge is 2.34. The molecule has 0 N–H and O–H groups in total. The lowest BCUT2D eigenvalue weighted by atomic mass is 10.0. The molecule has 0 aliphatic heterocycles. The molecule has 0 fully saturated rings. The minimum absolute atomic E-state index is 0.359. The highest BCUT2D eigenvalue weighted by Crippen LogP contribution is 2.33. The molecule has 9 heteroatoms. The Bertz CT molecular complexity index is 983. The van der Waals surface area contributed by atoms with Crippen molar-refractivity contribution in [1.82, 2.24) is 4.98 Å². The molecule has 3 aromatic rings. The summed E-state index contributed by atoms with van der Waals surface area (Å²) in [4.78, 5) is 3.69. The first kappa shape index (κ1) is 20.6. The van der Waals surface area contributed by atoms with Crippen molar-refractivity contribution >= 4 is 0 Å². The summed E-state index contributed by atoms with van der Waals surface area (Å²) in [6.07, 6.45) is -4.70. The van der Waals surface area contributed by atoms with Gasteiger partial charge in [0.05, 0.1) is 0 Å². The molecule has 1 heterocycles. The van der Waals surface area contributed by atoms with Gasteiger partial charge in [0.15, 0.2) is 0 Å². The molecule has 2 nitrogen and oxygen atoms in total. The van der Waals surface area contributed by atoms with Crippen LogP contribution in [0.4, 0.5) is 30.7 Å². The molecule has 0 aliphatic carbocycles. The molecule has 0 radical (unpaired) electrons. The van der Waals surface area contributed by atoms with Crippen molar-refractivity contribution in [3.63, 3.8) is 0 Å². The highest BCUT2D eigenvalue weighted by atomic mass is 19.4. The number of rotatable bonds is 5. The number of benzene rings is 2. The zero-order chi connectivity index (χ0) is 21.2. The van der Waals surface area contributed by atoms with E-state index in [0.717, 1.165) is 36.5 Å². The third-order valence-corrected chi connectivity index (χ3v) is 3.99. The summed E-state index contributed by atoms with van der Waals surface area (Å²) < 4.78 is 95.7. The summed E-state index contributed by atoms with van der Waals surface area (Å²) in [6, 6.07) is 9.52. The molecule has 29 heavy (non-hydrogen) atoms. The van der Waals surface area contributed by atoms with Gasteiger partial charge >= 0.3 is 6.36 Å². The van der Waals surface area contributed by atoms with Crippen molar-refractivity contribution < 1.29 is 35.5 Å². The minimum Gasteiger partial charge on any atom is -0.406 e. The quantitative estimate of drug-likeness (QED) is 0.459. The van der Waals surface area contributed by atoms with Crippen molar-refractivity contribution in [2.45, 2.75) is 18.7 Å². The van der Waals surface area contributed by atoms with Crippen LogP contribution in [0.15, 0.2) is 60.8 Å². The summed E-state index contributed by atoms with van der Waals surface area (Å²) in [6.45, 7) is 0. The fourth-order valence-corrected chi connectivity index (χ4v) is 2.62. The van der Waals surface area contributed by atoms with E-state index in [-0.39, 0.29) is 5.56 Å². The fraction of sp³-hybridized carbons (Fsp3) is 0.150. The Kier molecular flexibility index (Phi) is 5.50. The lowest BCUT2D eigenvalue weighted by molar-refractivity contribution is -0.274. The largest absolute Gasteiger partial charge is 0.573 e. The van der Waals surface area contributed by atoms with Gasteiger partial charge in [-0.2, -0.15) is 8.78 Å². The van der Waals surface area contributed by atoms with Crippen LogP contribution in [0, 0.1) is 11.6 Å². The van der Waals surface area contributed by atoms with E-state index >= 15 is 0 Å². The predicted octanol–water partition coefficient (Wildman–Crippen LogP) is 6.26. The van der Waals surface area contributed by atoms with Crippen LogP contribution in [-0.2, 0) is 12.3 Å². The predicted molar refractivity (Wildman–Crippen MR) is 90.3 cm³/mol. The lowest BCUT2D eigenvalue weighted by Crippen LogP contribution is -2.19. The molecular weight excluding hydrogens is 403 g/mol. The molecule has 0 aliphatic rings. The van der Waals surface area contributed by atoms with Gasteiger partial charge in [-0.1, -0.05) is 24.3 Å². The minimum atomic E-state index is -4.82. The summed E-state index contributed by atoms with van der Waals surface area (Å²) in [7, 11) is 0. The first-order chi connectivity index (χ1) is 13.5. The zero-order valence-electron chi connectivity index (χ0n) is 14.5. The standard InChI is InChI=1S/C20H12F7NO/c21-15-5-1-13(17(22)9-15)10-19(23,24)18-8-4-14(11-28-18)12-2-6-16(7-3-12)29-20(25,26)27/h1-9,11H,10H2. The number of alkyl halides is 5. The van der Waals surface area contributed by atoms with E-state index in [0.29, 0.717) is 17.2 Å². The second-order valence-electron chi connectivity index (χ2n) is 6.12. The van der Waals surface area contributed by atoms with Gasteiger partial charge in [0.25, 0.3) is 5.92 Å². The van der Waals surface area contributed by atoms with E-state index in [9.17, 15) is 30.7 Å². The third kappa shape index (κ3) is 5.24. The fourth-order valence-electron chi connectivity index (χ4n) is 2.62. The Morgan fingerprint density at radius 3 is 2.00 bits per heavy atom. The summed E-state index contributed by atoms with van der Waals surface area (Å²) >= 11 is 0. The van der Waals surface area contributed by atoms with E-state index in [2.05, 4.69) is 9.72 Å². The molecule has 3 rings (SSSR count). The van der Waals surface area contributed by atoms with E-state index in [1.165, 1.54) is 18.2 Å². The van der Waals surface area contributed by atoms with Crippen LogP contribution in [0.2, 0.25) is 0 Å². The number of ether oxygens (including phenoxy) is 1. The van der Waals surface area contributed by atoms with Crippen LogP contribution < -0.4 is 4.74 Å². The second kappa shape index (κ2) is 7.73. The number of pyridine rings is 1. The smallest absolute Gasteiger partial charge is 0.406 e. The molecule has 2 aromatic carbocycles. The van der Waals surface area contributed by atoms with E-state index in [1.54, 1.807) is 0 Å². The van der Waals surface area contributed by atoms with Crippen LogP contribution in [0.3, 0.4) is 0 Å². The van der Waals surface area contributed by atoms with Crippen LogP contribution in [0.25, 0.3) is 11.1 Å². The molecule has 0 saturated carbocycles. The van der Waals surface area contributed by atoms with Crippen LogP contribution in [-0.4, -0.2) is 11.3 Å². The molecule has 152 valence electrons. The number of hydrogen-bond donors (Lipinski definition) is 0. The molecule has 0 amide bonds. The SMILES string of the molecule is Fc1ccc(CC(F)(F)c2ccc(-c3ccc(OC(F)(F)F)cc3)cn2)c(F)c1. The van der Waals surface area contributed by atoms with Crippen molar-refractivity contribution in [3.8, 4) is 16.9 Å². The summed E-state index contributed by atoms with van der Waals surface area (Å²) in [5.74, 6) is -5.88. The third-order valence-electron chi connectivity index (χ3n) is 3.99. The summed E-state index contributed by atoms with van der Waals surface area (Å²) in [5.41, 5.74) is -0.160. The monoisotopic (exact) mass is 415 g/mol. The van der Waals surface area contributed by atoms with E-state index in [4.69, 9.17) is 0 Å². The van der Waals surface area contributed by atoms with Gasteiger partial charge < -0.3 is 4.74 Å². The first-order valence-electron chi connectivity index (χ1n) is 8.18. The molecular formula is C20H12F7NO. The maximum Gasteiger partial charge on any atom is 0.573 e. The number of halogens is 7. The van der Waals surface area contributed by atoms with Gasteiger partial charge in [-0.15, -0.1) is 13.2 Å². The summed E-state index contributed by atoms with van der Waals surface area (Å²) in [5, 5.41) is 0. The molecule has 1 aromatic heterocycles. The van der Waals surface area contributed by atoms with Crippen LogP contribution in [0.5, 0.6) is 5.75 Å². The second-order valence-corrected chi connectivity index (χ2v) is 6.12. The molecule has 0 bridgehead atoms. The maximum absolute atomic E-state index is 14.4. The molecule has 0 spiro atoms. The van der Waals surface area contributed by atoms with Crippen LogP contribution in [0.1, 0.15) is 11.3 Å². The molecule has 0 saturated heterocycles. The Balaban J connectivity index is 1.76. The molecule has 0 unspecified atom stereocenters. The van der Waals surface area contributed by atoms with Crippen LogP contribution >= 0.6 is 0 Å². The van der Waals surface area contributed by atoms with E-state index < -0.39 is 41.8 Å².